The van der Waals surface area contributed by atoms with E-state index in [9.17, 15) is 0 Å². The minimum atomic E-state index is 1.07. The zero-order chi connectivity index (χ0) is 11.9. The molecule has 0 N–H and O–H groups in total. The van der Waals surface area contributed by atoms with Gasteiger partial charge in [-0.05, 0) is 44.9 Å². The van der Waals surface area contributed by atoms with Crippen LogP contribution in [0.1, 0.15) is 12.8 Å². The van der Waals surface area contributed by atoms with E-state index in [-0.39, 0.29) is 0 Å². The molecule has 0 saturated carbocycles. The van der Waals surface area contributed by atoms with E-state index in [2.05, 4.69) is 60.7 Å². The first-order valence-corrected chi connectivity index (χ1v) is 6.51. The van der Waals surface area contributed by atoms with E-state index in [0.717, 1.165) is 12.8 Å². The molecule has 0 fully saturated rings. The summed E-state index contributed by atoms with van der Waals surface area (Å²) in [6.07, 6.45) is 6.85. The Kier molecular flexibility index (Phi) is 2.04. The second-order valence-corrected chi connectivity index (χ2v) is 4.95. The average Bonchev–Trinajstić information content (AvgIpc) is 2.46. The highest BCUT2D eigenvalue weighted by molar-refractivity contribution is 5.94. The first-order valence-electron chi connectivity index (χ1n) is 6.51. The SMILES string of the molecule is C1=c2ccccc2=C2CC=c3ccccc3=C2C1. The van der Waals surface area contributed by atoms with Gasteiger partial charge in [0.05, 0.1) is 0 Å². The summed E-state index contributed by atoms with van der Waals surface area (Å²) in [5.41, 5.74) is 3.04. The molecule has 0 aliphatic heterocycles. The summed E-state index contributed by atoms with van der Waals surface area (Å²) in [6, 6.07) is 17.5. The largest absolute Gasteiger partial charge is 0.0722 e. The predicted molar refractivity (Wildman–Crippen MR) is 76.4 cm³/mol. The maximum atomic E-state index is 2.36. The highest BCUT2D eigenvalue weighted by atomic mass is 14.2. The topological polar surface area (TPSA) is 0 Å². The normalized spacial score (nSPS) is 16.0. The van der Waals surface area contributed by atoms with E-state index < -0.39 is 0 Å². The Labute approximate surface area is 106 Å². The summed E-state index contributed by atoms with van der Waals surface area (Å²) in [5, 5.41) is 5.63. The second-order valence-electron chi connectivity index (χ2n) is 4.95. The van der Waals surface area contributed by atoms with Crippen LogP contribution in [-0.4, -0.2) is 0 Å². The van der Waals surface area contributed by atoms with Crippen molar-refractivity contribution in [3.8, 4) is 0 Å². The Balaban J connectivity index is 2.22. The lowest BCUT2D eigenvalue weighted by Crippen LogP contribution is -2.36. The van der Waals surface area contributed by atoms with E-state index >= 15 is 0 Å². The Morgan fingerprint density at radius 3 is 1.50 bits per heavy atom. The van der Waals surface area contributed by atoms with Crippen LogP contribution >= 0.6 is 0 Å². The Hall–Kier alpha value is -2.08. The molecule has 0 unspecified atom stereocenters. The van der Waals surface area contributed by atoms with E-state index in [1.807, 2.05) is 0 Å². The molecule has 0 heterocycles. The highest BCUT2D eigenvalue weighted by Crippen LogP contribution is 2.22. The molecule has 0 saturated heterocycles. The summed E-state index contributed by atoms with van der Waals surface area (Å²) >= 11 is 0. The third kappa shape index (κ3) is 1.32. The van der Waals surface area contributed by atoms with Crippen LogP contribution in [0.3, 0.4) is 0 Å². The molecule has 0 heteroatoms. The second kappa shape index (κ2) is 3.71. The van der Waals surface area contributed by atoms with Crippen molar-refractivity contribution in [2.24, 2.45) is 0 Å². The van der Waals surface area contributed by atoms with Gasteiger partial charge in [-0.25, -0.2) is 0 Å². The highest BCUT2D eigenvalue weighted by Gasteiger charge is 2.13. The molecular weight excluding hydrogens is 216 g/mol. The number of hydrogen-bond acceptors (Lipinski definition) is 0. The van der Waals surface area contributed by atoms with Gasteiger partial charge in [0, 0.05) is 0 Å². The van der Waals surface area contributed by atoms with Crippen LogP contribution < -0.4 is 20.9 Å². The molecule has 18 heavy (non-hydrogen) atoms. The number of rotatable bonds is 0. The molecular formula is C18H14. The van der Waals surface area contributed by atoms with E-state index in [1.54, 1.807) is 0 Å². The van der Waals surface area contributed by atoms with Crippen molar-refractivity contribution in [1.82, 2.24) is 0 Å². The molecule has 2 aliphatic rings. The van der Waals surface area contributed by atoms with Crippen molar-refractivity contribution >= 4 is 23.3 Å². The number of fused-ring (bicyclic) bond motifs is 3. The van der Waals surface area contributed by atoms with Gasteiger partial charge in [0.15, 0.2) is 0 Å². The molecule has 0 bridgehead atoms. The van der Waals surface area contributed by atoms with E-state index in [1.165, 1.54) is 32.0 Å². The molecule has 2 aromatic rings. The first-order chi connectivity index (χ1) is 8.93. The van der Waals surface area contributed by atoms with Crippen molar-refractivity contribution in [2.45, 2.75) is 12.8 Å². The Morgan fingerprint density at radius 2 is 1.00 bits per heavy atom. The van der Waals surface area contributed by atoms with E-state index in [0.29, 0.717) is 0 Å². The fraction of sp³-hybridized carbons (Fsp3) is 0.111. The zero-order valence-electron chi connectivity index (χ0n) is 10.2. The standard InChI is InChI=1S/C18H14/c1-3-7-15-13(5-1)9-11-18-16-8-4-2-6-14(16)10-12-17(15)18/h1-10H,11-12H2. The predicted octanol–water partition coefficient (Wildman–Crippen LogP) is 1.06. The lowest BCUT2D eigenvalue weighted by Gasteiger charge is -2.17. The maximum Gasteiger partial charge on any atom is -0.00790 e. The first kappa shape index (κ1) is 9.90. The van der Waals surface area contributed by atoms with E-state index in [4.69, 9.17) is 0 Å². The van der Waals surface area contributed by atoms with Crippen LogP contribution in [0, 0.1) is 0 Å². The molecule has 2 aromatic carbocycles. The van der Waals surface area contributed by atoms with Gasteiger partial charge in [-0.2, -0.15) is 0 Å². The van der Waals surface area contributed by atoms with Gasteiger partial charge in [0.25, 0.3) is 0 Å². The van der Waals surface area contributed by atoms with Gasteiger partial charge in [0.2, 0.25) is 0 Å². The van der Waals surface area contributed by atoms with Gasteiger partial charge in [0.1, 0.15) is 0 Å². The van der Waals surface area contributed by atoms with Gasteiger partial charge in [-0.1, -0.05) is 60.7 Å². The van der Waals surface area contributed by atoms with Crippen molar-refractivity contribution in [2.75, 3.05) is 0 Å². The monoisotopic (exact) mass is 230 g/mol. The minimum absolute atomic E-state index is 1.07. The van der Waals surface area contributed by atoms with Crippen LogP contribution in [0.2, 0.25) is 0 Å². The molecule has 0 aromatic heterocycles. The maximum absolute atomic E-state index is 2.36. The lowest BCUT2D eigenvalue weighted by atomic mass is 9.87. The summed E-state index contributed by atoms with van der Waals surface area (Å²) in [6.45, 7) is 0. The quantitative estimate of drug-likeness (QED) is 0.635. The summed E-state index contributed by atoms with van der Waals surface area (Å²) in [4.78, 5) is 0. The summed E-state index contributed by atoms with van der Waals surface area (Å²) < 4.78 is 0. The Bertz CT molecular complexity index is 791. The van der Waals surface area contributed by atoms with Crippen molar-refractivity contribution in [3.63, 3.8) is 0 Å². The van der Waals surface area contributed by atoms with Gasteiger partial charge >= 0.3 is 0 Å². The third-order valence-electron chi connectivity index (χ3n) is 3.99. The van der Waals surface area contributed by atoms with Crippen molar-refractivity contribution in [1.29, 1.82) is 0 Å². The van der Waals surface area contributed by atoms with Crippen LogP contribution in [-0.2, 0) is 0 Å². The number of benzene rings is 2. The van der Waals surface area contributed by atoms with Gasteiger partial charge in [-0.3, -0.25) is 0 Å². The molecule has 2 aliphatic carbocycles. The molecule has 0 atom stereocenters. The van der Waals surface area contributed by atoms with Crippen LogP contribution in [0.15, 0.2) is 48.5 Å². The fourth-order valence-electron chi connectivity index (χ4n) is 3.12. The number of hydrogen-bond donors (Lipinski definition) is 0. The molecule has 0 amide bonds. The molecule has 0 spiro atoms. The average molecular weight is 230 g/mol. The smallest absolute Gasteiger partial charge is 0.00790 e. The van der Waals surface area contributed by atoms with Crippen LogP contribution in [0.25, 0.3) is 23.3 Å². The zero-order valence-corrected chi connectivity index (χ0v) is 10.2. The molecule has 0 radical (unpaired) electrons. The Morgan fingerprint density at radius 1 is 0.556 bits per heavy atom. The van der Waals surface area contributed by atoms with Crippen molar-refractivity contribution in [3.05, 3.63) is 69.4 Å². The van der Waals surface area contributed by atoms with Crippen LogP contribution in [0.4, 0.5) is 0 Å². The van der Waals surface area contributed by atoms with Crippen molar-refractivity contribution < 1.29 is 0 Å². The van der Waals surface area contributed by atoms with Crippen LogP contribution in [0.5, 0.6) is 0 Å². The molecule has 86 valence electrons. The fourth-order valence-corrected chi connectivity index (χ4v) is 3.12. The van der Waals surface area contributed by atoms with Gasteiger partial charge in [-0.15, -0.1) is 0 Å². The van der Waals surface area contributed by atoms with Gasteiger partial charge < -0.3 is 0 Å². The summed E-state index contributed by atoms with van der Waals surface area (Å²) in [7, 11) is 0. The minimum Gasteiger partial charge on any atom is -0.0722 e. The lowest BCUT2D eigenvalue weighted by molar-refractivity contribution is 1.27. The molecule has 4 rings (SSSR count). The molecule has 0 nitrogen and oxygen atoms in total. The summed E-state index contributed by atoms with van der Waals surface area (Å²) in [5.74, 6) is 0. The third-order valence-corrected chi connectivity index (χ3v) is 3.99.